The normalized spacial score (nSPS) is 9.92. The van der Waals surface area contributed by atoms with Gasteiger partial charge in [0.15, 0.2) is 0 Å². The van der Waals surface area contributed by atoms with E-state index in [-0.39, 0.29) is 11.9 Å². The molecule has 0 atom stereocenters. The molecule has 0 fully saturated rings. The first-order chi connectivity index (χ1) is 5.70. The van der Waals surface area contributed by atoms with Gasteiger partial charge in [-0.25, -0.2) is 0 Å². The Balaban J connectivity index is 2.66. The maximum Gasteiger partial charge on any atom is 0.251 e. The molecule has 0 aliphatic carbocycles. The lowest BCUT2D eigenvalue weighted by molar-refractivity contribution is 0.0943. The van der Waals surface area contributed by atoms with Crippen LogP contribution in [0.1, 0.15) is 24.2 Å². The third kappa shape index (κ3) is 2.38. The number of carbonyl (C=O) groups excluding carboxylic acids is 1. The van der Waals surface area contributed by atoms with Crippen LogP contribution in [0.25, 0.3) is 0 Å². The highest BCUT2D eigenvalue weighted by molar-refractivity contribution is 5.94. The summed E-state index contributed by atoms with van der Waals surface area (Å²) in [4.78, 5) is 11.3. The molecule has 0 unspecified atom stereocenters. The van der Waals surface area contributed by atoms with Crippen molar-refractivity contribution >= 4 is 5.91 Å². The summed E-state index contributed by atoms with van der Waals surface area (Å²) < 4.78 is 0. The van der Waals surface area contributed by atoms with E-state index in [1.165, 1.54) is 0 Å². The fourth-order valence-corrected chi connectivity index (χ4v) is 0.884. The quantitative estimate of drug-likeness (QED) is 0.703. The Labute approximate surface area is 72.6 Å². The summed E-state index contributed by atoms with van der Waals surface area (Å²) in [5.41, 5.74) is 0.683. The highest BCUT2D eigenvalue weighted by Crippen LogP contribution is 1.97. The number of hydrogen-bond donors (Lipinski definition) is 1. The molecule has 1 aromatic rings. The zero-order valence-electron chi connectivity index (χ0n) is 7.29. The molecular weight excluding hydrogens is 150 g/mol. The van der Waals surface area contributed by atoms with Crippen molar-refractivity contribution in [1.29, 1.82) is 0 Å². The van der Waals surface area contributed by atoms with E-state index in [4.69, 9.17) is 0 Å². The van der Waals surface area contributed by atoms with Gasteiger partial charge in [-0.05, 0) is 32.0 Å². The Morgan fingerprint density at radius 3 is 2.50 bits per heavy atom. The lowest BCUT2D eigenvalue weighted by Gasteiger charge is -2.07. The molecule has 0 heterocycles. The van der Waals surface area contributed by atoms with Crippen LogP contribution in [0.5, 0.6) is 0 Å². The van der Waals surface area contributed by atoms with Crippen molar-refractivity contribution in [3.63, 3.8) is 0 Å². The van der Waals surface area contributed by atoms with Gasteiger partial charge in [0.05, 0.1) is 0 Å². The smallest absolute Gasteiger partial charge is 0.251 e. The van der Waals surface area contributed by atoms with Crippen molar-refractivity contribution in [3.8, 4) is 0 Å². The summed E-state index contributed by atoms with van der Waals surface area (Å²) in [6.45, 7) is 3.87. The molecule has 2 nitrogen and oxygen atoms in total. The minimum Gasteiger partial charge on any atom is -0.350 e. The summed E-state index contributed by atoms with van der Waals surface area (Å²) in [5, 5.41) is 2.81. The Kier molecular flexibility index (Phi) is 2.86. The first-order valence-electron chi connectivity index (χ1n) is 3.97. The Bertz CT molecular complexity index is 254. The predicted octanol–water partition coefficient (Wildman–Crippen LogP) is 1.62. The van der Waals surface area contributed by atoms with Gasteiger partial charge in [-0.2, -0.15) is 0 Å². The Morgan fingerprint density at radius 1 is 1.42 bits per heavy atom. The zero-order chi connectivity index (χ0) is 8.97. The van der Waals surface area contributed by atoms with Gasteiger partial charge in [0.25, 0.3) is 5.91 Å². The van der Waals surface area contributed by atoms with Gasteiger partial charge < -0.3 is 5.32 Å². The highest BCUT2D eigenvalue weighted by Gasteiger charge is 2.04. The minimum absolute atomic E-state index is 0.0287. The van der Waals surface area contributed by atoms with E-state index >= 15 is 0 Å². The van der Waals surface area contributed by atoms with Crippen molar-refractivity contribution < 1.29 is 4.79 Å². The van der Waals surface area contributed by atoms with E-state index in [0.29, 0.717) is 5.56 Å². The van der Waals surface area contributed by atoms with Gasteiger partial charge in [0.2, 0.25) is 0 Å². The van der Waals surface area contributed by atoms with Crippen LogP contribution in [0.15, 0.2) is 24.3 Å². The maximum absolute atomic E-state index is 11.3. The van der Waals surface area contributed by atoms with Gasteiger partial charge in [-0.15, -0.1) is 0 Å². The first-order valence-corrected chi connectivity index (χ1v) is 3.97. The summed E-state index contributed by atoms with van der Waals surface area (Å²) in [6.07, 6.45) is 0. The monoisotopic (exact) mass is 162 g/mol. The number of benzene rings is 1. The summed E-state index contributed by atoms with van der Waals surface area (Å²) in [5.74, 6) is -0.0287. The van der Waals surface area contributed by atoms with E-state index in [9.17, 15) is 4.79 Å². The largest absolute Gasteiger partial charge is 0.350 e. The molecule has 0 saturated heterocycles. The van der Waals surface area contributed by atoms with E-state index in [2.05, 4.69) is 11.4 Å². The maximum atomic E-state index is 11.3. The predicted molar refractivity (Wildman–Crippen MR) is 47.9 cm³/mol. The van der Waals surface area contributed by atoms with Crippen LogP contribution >= 0.6 is 0 Å². The number of rotatable bonds is 2. The van der Waals surface area contributed by atoms with Gasteiger partial charge in [0.1, 0.15) is 0 Å². The molecule has 63 valence electrons. The number of nitrogens with one attached hydrogen (secondary N) is 1. The molecule has 0 spiro atoms. The van der Waals surface area contributed by atoms with Crippen LogP contribution in [-0.4, -0.2) is 11.9 Å². The second kappa shape index (κ2) is 3.90. The second-order valence-corrected chi connectivity index (χ2v) is 2.92. The molecule has 0 saturated carbocycles. The molecular formula is C10H12NO. The van der Waals surface area contributed by atoms with Crippen LogP contribution in [0, 0.1) is 6.07 Å². The molecule has 0 aliphatic heterocycles. The van der Waals surface area contributed by atoms with E-state index in [1.807, 2.05) is 13.8 Å². The Morgan fingerprint density at radius 2 is 2.00 bits per heavy atom. The Hall–Kier alpha value is -1.31. The molecule has 0 aliphatic rings. The van der Waals surface area contributed by atoms with Gasteiger partial charge in [-0.1, -0.05) is 12.1 Å². The highest BCUT2D eigenvalue weighted by atomic mass is 16.1. The molecule has 1 radical (unpaired) electrons. The van der Waals surface area contributed by atoms with Crippen molar-refractivity contribution in [3.05, 3.63) is 35.9 Å². The minimum atomic E-state index is -0.0287. The SMILES string of the molecule is CC(C)NC(=O)c1cc[c]cc1. The molecule has 12 heavy (non-hydrogen) atoms. The summed E-state index contributed by atoms with van der Waals surface area (Å²) in [7, 11) is 0. The third-order valence-corrected chi connectivity index (χ3v) is 1.40. The zero-order valence-corrected chi connectivity index (χ0v) is 7.29. The molecule has 1 N–H and O–H groups in total. The van der Waals surface area contributed by atoms with Crippen molar-refractivity contribution in [2.24, 2.45) is 0 Å². The molecule has 1 aromatic carbocycles. The molecule has 2 heteroatoms. The van der Waals surface area contributed by atoms with Gasteiger partial charge in [0, 0.05) is 11.6 Å². The number of amides is 1. The second-order valence-electron chi connectivity index (χ2n) is 2.92. The van der Waals surface area contributed by atoms with Crippen LogP contribution in [-0.2, 0) is 0 Å². The lowest BCUT2D eigenvalue weighted by Crippen LogP contribution is -2.29. The average Bonchev–Trinajstić information content (AvgIpc) is 2.05. The van der Waals surface area contributed by atoms with Crippen LogP contribution < -0.4 is 5.32 Å². The van der Waals surface area contributed by atoms with Crippen molar-refractivity contribution in [1.82, 2.24) is 5.32 Å². The fourth-order valence-electron chi connectivity index (χ4n) is 0.884. The third-order valence-electron chi connectivity index (χ3n) is 1.40. The van der Waals surface area contributed by atoms with E-state index in [1.54, 1.807) is 24.3 Å². The van der Waals surface area contributed by atoms with Crippen molar-refractivity contribution in [2.45, 2.75) is 19.9 Å². The standard InChI is InChI=1S/C10H12NO/c1-8(2)11-10(12)9-6-4-3-5-7-9/h4-8H,1-2H3,(H,11,12). The fraction of sp³-hybridized carbons (Fsp3) is 0.300. The summed E-state index contributed by atoms with van der Waals surface area (Å²) >= 11 is 0. The molecule has 1 amide bonds. The average molecular weight is 162 g/mol. The van der Waals surface area contributed by atoms with Gasteiger partial charge >= 0.3 is 0 Å². The first kappa shape index (κ1) is 8.78. The summed E-state index contributed by atoms with van der Waals surface area (Å²) in [6, 6.07) is 10.0. The molecule has 0 aromatic heterocycles. The van der Waals surface area contributed by atoms with Gasteiger partial charge in [-0.3, -0.25) is 4.79 Å². The van der Waals surface area contributed by atoms with E-state index in [0.717, 1.165) is 0 Å². The van der Waals surface area contributed by atoms with Crippen molar-refractivity contribution in [2.75, 3.05) is 0 Å². The topological polar surface area (TPSA) is 29.1 Å². The number of carbonyl (C=O) groups is 1. The van der Waals surface area contributed by atoms with Crippen LogP contribution in [0.3, 0.4) is 0 Å². The number of hydrogen-bond acceptors (Lipinski definition) is 1. The molecule has 0 bridgehead atoms. The lowest BCUT2D eigenvalue weighted by atomic mass is 10.2. The van der Waals surface area contributed by atoms with E-state index < -0.39 is 0 Å². The van der Waals surface area contributed by atoms with Crippen LogP contribution in [0.2, 0.25) is 0 Å². The molecule has 1 rings (SSSR count). The van der Waals surface area contributed by atoms with Crippen LogP contribution in [0.4, 0.5) is 0 Å².